The summed E-state index contributed by atoms with van der Waals surface area (Å²) >= 11 is 0. The second-order valence-electron chi connectivity index (χ2n) is 6.76. The van der Waals surface area contributed by atoms with E-state index < -0.39 is 0 Å². The van der Waals surface area contributed by atoms with Crippen molar-refractivity contribution in [2.24, 2.45) is 0 Å². The molecule has 1 aliphatic rings. The van der Waals surface area contributed by atoms with Gasteiger partial charge in [-0.2, -0.15) is 0 Å². The van der Waals surface area contributed by atoms with Crippen molar-refractivity contribution >= 4 is 12.0 Å². The van der Waals surface area contributed by atoms with Crippen LogP contribution in [0.15, 0.2) is 60.2 Å². The van der Waals surface area contributed by atoms with Crippen LogP contribution in [0.3, 0.4) is 0 Å². The smallest absolute Gasteiger partial charge is 0.249 e. The second kappa shape index (κ2) is 8.19. The third-order valence-corrected chi connectivity index (χ3v) is 4.93. The minimum absolute atomic E-state index is 0.106. The number of nitrogens with zero attached hydrogens (tertiary/aromatic N) is 2. The number of ether oxygens (including phenoxy) is 1. The van der Waals surface area contributed by atoms with Crippen LogP contribution in [0.4, 0.5) is 0 Å². The number of likely N-dealkylation sites (N-methyl/N-ethyl adjacent to an activating group) is 1. The maximum absolute atomic E-state index is 12.9. The summed E-state index contributed by atoms with van der Waals surface area (Å²) < 4.78 is 5.35. The summed E-state index contributed by atoms with van der Waals surface area (Å²) in [5.41, 5.74) is 3.00. The van der Waals surface area contributed by atoms with E-state index in [1.807, 2.05) is 60.4 Å². The normalized spacial score (nSPS) is 18.7. The lowest BCUT2D eigenvalue weighted by molar-refractivity contribution is -0.129. The van der Waals surface area contributed by atoms with Crippen molar-refractivity contribution in [3.05, 3.63) is 71.3 Å². The Bertz CT molecular complexity index is 786. The van der Waals surface area contributed by atoms with Crippen molar-refractivity contribution in [2.75, 3.05) is 33.8 Å². The third-order valence-electron chi connectivity index (χ3n) is 4.93. The number of benzene rings is 2. The highest BCUT2D eigenvalue weighted by molar-refractivity contribution is 5.97. The van der Waals surface area contributed by atoms with Crippen LogP contribution in [0.1, 0.15) is 24.1 Å². The molecule has 136 valence electrons. The number of hydrogen-bond acceptors (Lipinski definition) is 3. The molecule has 0 bridgehead atoms. The first-order valence-electron chi connectivity index (χ1n) is 8.95. The highest BCUT2D eigenvalue weighted by Gasteiger charge is 2.29. The van der Waals surface area contributed by atoms with Gasteiger partial charge in [0.15, 0.2) is 0 Å². The summed E-state index contributed by atoms with van der Waals surface area (Å²) in [5.74, 6) is 0.953. The van der Waals surface area contributed by atoms with Crippen LogP contribution in [0.25, 0.3) is 6.08 Å². The van der Waals surface area contributed by atoms with E-state index in [1.54, 1.807) is 7.11 Å². The van der Waals surface area contributed by atoms with Gasteiger partial charge in [-0.05, 0) is 43.3 Å². The van der Waals surface area contributed by atoms with Gasteiger partial charge < -0.3 is 9.64 Å². The minimum Gasteiger partial charge on any atom is -0.497 e. The number of hydrogen-bond donors (Lipinski definition) is 0. The summed E-state index contributed by atoms with van der Waals surface area (Å²) in [4.78, 5) is 17.2. The van der Waals surface area contributed by atoms with Crippen molar-refractivity contribution in [2.45, 2.75) is 13.0 Å². The molecule has 0 aliphatic carbocycles. The van der Waals surface area contributed by atoms with Gasteiger partial charge >= 0.3 is 0 Å². The molecule has 1 unspecified atom stereocenters. The molecule has 1 atom stereocenters. The molecule has 0 radical (unpaired) electrons. The Balaban J connectivity index is 1.76. The molecule has 1 fully saturated rings. The zero-order chi connectivity index (χ0) is 18.5. The molecular weight excluding hydrogens is 324 g/mol. The van der Waals surface area contributed by atoms with Crippen LogP contribution in [-0.2, 0) is 4.79 Å². The first-order chi connectivity index (χ1) is 12.6. The first kappa shape index (κ1) is 18.2. The predicted octanol–water partition coefficient (Wildman–Crippen LogP) is 3.61. The molecule has 0 N–H and O–H groups in total. The Morgan fingerprint density at radius 1 is 1.12 bits per heavy atom. The fourth-order valence-corrected chi connectivity index (χ4v) is 3.38. The molecule has 4 heteroatoms. The van der Waals surface area contributed by atoms with Crippen LogP contribution in [0, 0.1) is 0 Å². The van der Waals surface area contributed by atoms with Gasteiger partial charge in [0.2, 0.25) is 5.91 Å². The van der Waals surface area contributed by atoms with Gasteiger partial charge in [0.05, 0.1) is 13.2 Å². The standard InChI is InChI=1S/C22H26N2O2/c1-17(14-18-8-5-4-6-9-18)22(25)24-13-12-23(2)21(16-24)19-10-7-11-20(15-19)26-3/h4-11,14-15,21H,12-13,16H2,1-3H3/b17-14+. The number of carbonyl (C=O) groups is 1. The Hall–Kier alpha value is -2.59. The van der Waals surface area contributed by atoms with E-state index >= 15 is 0 Å². The zero-order valence-electron chi connectivity index (χ0n) is 15.7. The van der Waals surface area contributed by atoms with Crippen molar-refractivity contribution in [1.82, 2.24) is 9.80 Å². The highest BCUT2D eigenvalue weighted by atomic mass is 16.5. The minimum atomic E-state index is 0.106. The molecule has 0 aromatic heterocycles. The van der Waals surface area contributed by atoms with E-state index in [2.05, 4.69) is 24.1 Å². The summed E-state index contributed by atoms with van der Waals surface area (Å²) in [6, 6.07) is 18.3. The average molecular weight is 350 g/mol. The van der Waals surface area contributed by atoms with Crippen LogP contribution in [-0.4, -0.2) is 49.5 Å². The van der Waals surface area contributed by atoms with Crippen molar-refractivity contribution in [3.8, 4) is 5.75 Å². The second-order valence-corrected chi connectivity index (χ2v) is 6.76. The van der Waals surface area contributed by atoms with Gasteiger partial charge in [0, 0.05) is 25.2 Å². The van der Waals surface area contributed by atoms with Crippen LogP contribution in [0.2, 0.25) is 0 Å². The third kappa shape index (κ3) is 4.14. The van der Waals surface area contributed by atoms with E-state index in [-0.39, 0.29) is 11.9 Å². The van der Waals surface area contributed by atoms with Crippen molar-refractivity contribution in [1.29, 1.82) is 0 Å². The Morgan fingerprint density at radius 3 is 2.62 bits per heavy atom. The molecule has 1 amide bonds. The fourth-order valence-electron chi connectivity index (χ4n) is 3.38. The monoisotopic (exact) mass is 350 g/mol. The molecule has 2 aromatic carbocycles. The maximum atomic E-state index is 12.9. The molecule has 3 rings (SSSR count). The SMILES string of the molecule is COc1cccc(C2CN(C(=O)/C(C)=C/c3ccccc3)CCN2C)c1. The Kier molecular flexibility index (Phi) is 5.74. The highest BCUT2D eigenvalue weighted by Crippen LogP contribution is 2.27. The van der Waals surface area contributed by atoms with E-state index in [0.29, 0.717) is 6.54 Å². The van der Waals surface area contributed by atoms with Crippen molar-refractivity contribution < 1.29 is 9.53 Å². The summed E-state index contributed by atoms with van der Waals surface area (Å²) in [6.07, 6.45) is 1.96. The quantitative estimate of drug-likeness (QED) is 0.790. The van der Waals surface area contributed by atoms with Crippen LogP contribution >= 0.6 is 0 Å². The molecule has 1 aliphatic heterocycles. The van der Waals surface area contributed by atoms with Gasteiger partial charge in [-0.15, -0.1) is 0 Å². The molecular formula is C22H26N2O2. The molecule has 1 heterocycles. The van der Waals surface area contributed by atoms with Gasteiger partial charge in [0.1, 0.15) is 5.75 Å². The number of amides is 1. The maximum Gasteiger partial charge on any atom is 0.249 e. The van der Waals surface area contributed by atoms with Gasteiger partial charge in [-0.1, -0.05) is 42.5 Å². The Labute approximate surface area is 155 Å². The topological polar surface area (TPSA) is 32.8 Å². The molecule has 1 saturated heterocycles. The van der Waals surface area contributed by atoms with E-state index in [9.17, 15) is 4.79 Å². The van der Waals surface area contributed by atoms with Gasteiger partial charge in [0.25, 0.3) is 0 Å². The lowest BCUT2D eigenvalue weighted by Crippen LogP contribution is -2.49. The largest absolute Gasteiger partial charge is 0.497 e. The van der Waals surface area contributed by atoms with Gasteiger partial charge in [-0.25, -0.2) is 0 Å². The Morgan fingerprint density at radius 2 is 1.88 bits per heavy atom. The summed E-state index contributed by atoms with van der Waals surface area (Å²) in [5, 5.41) is 0. The molecule has 0 saturated carbocycles. The average Bonchev–Trinajstić information content (AvgIpc) is 2.68. The van der Waals surface area contributed by atoms with Crippen LogP contribution in [0.5, 0.6) is 5.75 Å². The fraction of sp³-hybridized carbons (Fsp3) is 0.318. The summed E-state index contributed by atoms with van der Waals surface area (Å²) in [7, 11) is 3.79. The molecule has 26 heavy (non-hydrogen) atoms. The molecule has 0 spiro atoms. The zero-order valence-corrected chi connectivity index (χ0v) is 15.7. The lowest BCUT2D eigenvalue weighted by Gasteiger charge is -2.40. The molecule has 2 aromatic rings. The number of rotatable bonds is 4. The molecule has 4 nitrogen and oxygen atoms in total. The summed E-state index contributed by atoms with van der Waals surface area (Å²) in [6.45, 7) is 4.18. The van der Waals surface area contributed by atoms with Crippen molar-refractivity contribution in [3.63, 3.8) is 0 Å². The van der Waals surface area contributed by atoms with Gasteiger partial charge in [-0.3, -0.25) is 9.69 Å². The van der Waals surface area contributed by atoms with E-state index in [1.165, 1.54) is 5.56 Å². The predicted molar refractivity (Wildman–Crippen MR) is 105 cm³/mol. The first-order valence-corrected chi connectivity index (χ1v) is 8.95. The van der Waals surface area contributed by atoms with Crippen LogP contribution < -0.4 is 4.74 Å². The number of methoxy groups -OCH3 is 1. The number of carbonyl (C=O) groups excluding carboxylic acids is 1. The van der Waals surface area contributed by atoms with E-state index in [4.69, 9.17) is 4.74 Å². The number of piperazine rings is 1. The van der Waals surface area contributed by atoms with E-state index in [0.717, 1.165) is 30.0 Å². The lowest BCUT2D eigenvalue weighted by atomic mass is 10.0.